The largest absolute Gasteiger partial charge is 0.475 e. The molecule has 0 radical (unpaired) electrons. The SMILES string of the molecule is CCN(C)C(=O)CNc1cc(OC(C)C)ncn1. The van der Waals surface area contributed by atoms with E-state index in [1.54, 1.807) is 18.0 Å². The van der Waals surface area contributed by atoms with E-state index in [4.69, 9.17) is 4.74 Å². The Morgan fingerprint density at radius 1 is 1.50 bits per heavy atom. The third-order valence-electron chi connectivity index (χ3n) is 2.32. The van der Waals surface area contributed by atoms with Crippen LogP contribution in [-0.2, 0) is 4.79 Å². The predicted octanol–water partition coefficient (Wildman–Crippen LogP) is 1.15. The quantitative estimate of drug-likeness (QED) is 0.822. The van der Waals surface area contributed by atoms with Gasteiger partial charge in [-0.25, -0.2) is 9.97 Å². The minimum Gasteiger partial charge on any atom is -0.475 e. The van der Waals surface area contributed by atoms with Crippen LogP contribution in [0.2, 0.25) is 0 Å². The number of ether oxygens (including phenoxy) is 1. The van der Waals surface area contributed by atoms with Crippen molar-refractivity contribution in [3.63, 3.8) is 0 Å². The van der Waals surface area contributed by atoms with Crippen molar-refractivity contribution >= 4 is 11.7 Å². The third kappa shape index (κ3) is 4.57. The second-order valence-corrected chi connectivity index (χ2v) is 4.17. The van der Waals surface area contributed by atoms with Gasteiger partial charge in [-0.15, -0.1) is 0 Å². The Hall–Kier alpha value is -1.85. The van der Waals surface area contributed by atoms with E-state index in [1.807, 2.05) is 20.8 Å². The Labute approximate surface area is 107 Å². The number of nitrogens with one attached hydrogen (secondary N) is 1. The summed E-state index contributed by atoms with van der Waals surface area (Å²) >= 11 is 0. The Bertz CT molecular complexity index is 395. The Balaban J connectivity index is 2.54. The highest BCUT2D eigenvalue weighted by Crippen LogP contribution is 2.12. The minimum absolute atomic E-state index is 0.0161. The molecule has 6 heteroatoms. The number of anilines is 1. The van der Waals surface area contributed by atoms with Crippen LogP contribution < -0.4 is 10.1 Å². The number of rotatable bonds is 6. The van der Waals surface area contributed by atoms with Gasteiger partial charge in [0.25, 0.3) is 0 Å². The van der Waals surface area contributed by atoms with Crippen LogP contribution in [0.25, 0.3) is 0 Å². The third-order valence-corrected chi connectivity index (χ3v) is 2.32. The summed E-state index contributed by atoms with van der Waals surface area (Å²) in [6, 6.07) is 1.68. The fraction of sp³-hybridized carbons (Fsp3) is 0.583. The van der Waals surface area contributed by atoms with Gasteiger partial charge in [-0.05, 0) is 20.8 Å². The van der Waals surface area contributed by atoms with Gasteiger partial charge in [0.2, 0.25) is 11.8 Å². The molecule has 1 heterocycles. The van der Waals surface area contributed by atoms with E-state index < -0.39 is 0 Å². The maximum absolute atomic E-state index is 11.6. The van der Waals surface area contributed by atoms with Crippen LogP contribution in [0.1, 0.15) is 20.8 Å². The number of likely N-dealkylation sites (N-methyl/N-ethyl adjacent to an activating group) is 1. The second kappa shape index (κ2) is 6.78. The van der Waals surface area contributed by atoms with Gasteiger partial charge in [-0.1, -0.05) is 0 Å². The topological polar surface area (TPSA) is 67.4 Å². The van der Waals surface area contributed by atoms with Gasteiger partial charge in [0, 0.05) is 19.7 Å². The molecule has 0 aromatic carbocycles. The van der Waals surface area contributed by atoms with E-state index in [2.05, 4.69) is 15.3 Å². The summed E-state index contributed by atoms with van der Waals surface area (Å²) in [6.45, 7) is 6.68. The maximum atomic E-state index is 11.6. The van der Waals surface area contributed by atoms with Crippen molar-refractivity contribution in [2.75, 3.05) is 25.5 Å². The van der Waals surface area contributed by atoms with Crippen LogP contribution in [0.5, 0.6) is 5.88 Å². The summed E-state index contributed by atoms with van der Waals surface area (Å²) in [7, 11) is 1.76. The average molecular weight is 252 g/mol. The van der Waals surface area contributed by atoms with Gasteiger partial charge in [-0.3, -0.25) is 4.79 Å². The molecule has 1 rings (SSSR count). The van der Waals surface area contributed by atoms with Gasteiger partial charge >= 0.3 is 0 Å². The number of carbonyl (C=O) groups is 1. The van der Waals surface area contributed by atoms with Crippen LogP contribution in [0.15, 0.2) is 12.4 Å². The van der Waals surface area contributed by atoms with Crippen LogP contribution in [0.4, 0.5) is 5.82 Å². The molecule has 0 aliphatic heterocycles. The van der Waals surface area contributed by atoms with E-state index in [0.717, 1.165) is 0 Å². The lowest BCUT2D eigenvalue weighted by molar-refractivity contribution is -0.127. The highest BCUT2D eigenvalue weighted by atomic mass is 16.5. The predicted molar refractivity (Wildman–Crippen MR) is 69.6 cm³/mol. The Morgan fingerprint density at radius 3 is 2.83 bits per heavy atom. The number of hydrogen-bond acceptors (Lipinski definition) is 5. The van der Waals surface area contributed by atoms with E-state index in [9.17, 15) is 4.79 Å². The summed E-state index contributed by atoms with van der Waals surface area (Å²) < 4.78 is 5.44. The monoisotopic (exact) mass is 252 g/mol. The van der Waals surface area contributed by atoms with Gasteiger partial charge in [0.1, 0.15) is 12.1 Å². The van der Waals surface area contributed by atoms with Gasteiger partial charge in [-0.2, -0.15) is 0 Å². The van der Waals surface area contributed by atoms with Crippen LogP contribution >= 0.6 is 0 Å². The molecule has 0 fully saturated rings. The molecular formula is C12H20N4O2. The maximum Gasteiger partial charge on any atom is 0.241 e. The van der Waals surface area contributed by atoms with Crippen LogP contribution in [-0.4, -0.2) is 47.0 Å². The number of hydrogen-bond donors (Lipinski definition) is 1. The van der Waals surface area contributed by atoms with Gasteiger partial charge in [0.05, 0.1) is 12.6 Å². The Kier molecular flexibility index (Phi) is 5.35. The summed E-state index contributed by atoms with van der Waals surface area (Å²) in [5, 5.41) is 2.95. The fourth-order valence-electron chi connectivity index (χ4n) is 1.22. The lowest BCUT2D eigenvalue weighted by Crippen LogP contribution is -2.32. The first kappa shape index (κ1) is 14.2. The molecule has 1 amide bonds. The average Bonchev–Trinajstić information content (AvgIpc) is 2.34. The number of aromatic nitrogens is 2. The summed E-state index contributed by atoms with van der Waals surface area (Å²) in [5.74, 6) is 1.10. The lowest BCUT2D eigenvalue weighted by Gasteiger charge is -2.15. The van der Waals surface area contributed by atoms with Gasteiger partial charge in [0.15, 0.2) is 0 Å². The van der Waals surface area contributed by atoms with Crippen molar-refractivity contribution in [1.29, 1.82) is 0 Å². The Morgan fingerprint density at radius 2 is 2.22 bits per heavy atom. The van der Waals surface area contributed by atoms with Crippen molar-refractivity contribution in [3.8, 4) is 5.88 Å². The number of amides is 1. The van der Waals surface area contributed by atoms with Crippen LogP contribution in [0.3, 0.4) is 0 Å². The van der Waals surface area contributed by atoms with Crippen molar-refractivity contribution in [2.45, 2.75) is 26.9 Å². The standard InChI is InChI=1S/C12H20N4O2/c1-5-16(4)12(17)7-13-10-6-11(15-8-14-10)18-9(2)3/h6,8-9H,5,7H2,1-4H3,(H,13,14,15). The summed E-state index contributed by atoms with van der Waals surface area (Å²) in [5.41, 5.74) is 0. The van der Waals surface area contributed by atoms with Gasteiger partial charge < -0.3 is 15.0 Å². The molecule has 0 spiro atoms. The van der Waals surface area contributed by atoms with E-state index in [0.29, 0.717) is 18.2 Å². The molecule has 1 aromatic rings. The number of carbonyl (C=O) groups excluding carboxylic acids is 1. The zero-order valence-corrected chi connectivity index (χ0v) is 11.3. The van der Waals surface area contributed by atoms with Crippen molar-refractivity contribution in [1.82, 2.24) is 14.9 Å². The molecule has 0 saturated carbocycles. The molecule has 1 aromatic heterocycles. The summed E-state index contributed by atoms with van der Waals surface area (Å²) in [4.78, 5) is 21.3. The summed E-state index contributed by atoms with van der Waals surface area (Å²) in [6.07, 6.45) is 1.47. The zero-order chi connectivity index (χ0) is 13.5. The highest BCUT2D eigenvalue weighted by Gasteiger charge is 2.07. The molecule has 0 aliphatic carbocycles. The molecule has 18 heavy (non-hydrogen) atoms. The molecule has 0 atom stereocenters. The normalized spacial score (nSPS) is 10.3. The number of nitrogens with zero attached hydrogens (tertiary/aromatic N) is 3. The smallest absolute Gasteiger partial charge is 0.241 e. The molecule has 1 N–H and O–H groups in total. The zero-order valence-electron chi connectivity index (χ0n) is 11.3. The van der Waals surface area contributed by atoms with Crippen molar-refractivity contribution < 1.29 is 9.53 Å². The molecule has 6 nitrogen and oxygen atoms in total. The lowest BCUT2D eigenvalue weighted by atomic mass is 10.4. The fourth-order valence-corrected chi connectivity index (χ4v) is 1.22. The highest BCUT2D eigenvalue weighted by molar-refractivity contribution is 5.80. The minimum atomic E-state index is 0.0161. The first-order valence-corrected chi connectivity index (χ1v) is 5.99. The van der Waals surface area contributed by atoms with E-state index in [-0.39, 0.29) is 18.6 Å². The van der Waals surface area contributed by atoms with Crippen molar-refractivity contribution in [3.05, 3.63) is 12.4 Å². The van der Waals surface area contributed by atoms with Crippen molar-refractivity contribution in [2.24, 2.45) is 0 Å². The van der Waals surface area contributed by atoms with E-state index in [1.165, 1.54) is 6.33 Å². The molecule has 0 unspecified atom stereocenters. The molecule has 0 aliphatic rings. The van der Waals surface area contributed by atoms with E-state index >= 15 is 0 Å². The molecular weight excluding hydrogens is 232 g/mol. The first-order chi connectivity index (χ1) is 8.52. The molecule has 0 saturated heterocycles. The molecule has 100 valence electrons. The molecule has 0 bridgehead atoms. The second-order valence-electron chi connectivity index (χ2n) is 4.17. The van der Waals surface area contributed by atoms with Crippen LogP contribution in [0, 0.1) is 0 Å². The first-order valence-electron chi connectivity index (χ1n) is 5.99.